The van der Waals surface area contributed by atoms with Gasteiger partial charge in [-0.05, 0) is 32.1 Å². The molecule has 0 aliphatic heterocycles. The molecule has 160 valence electrons. The number of hydrogen-bond acceptors (Lipinski definition) is 2. The number of nitrogens with zero attached hydrogens (tertiary/aromatic N) is 1. The van der Waals surface area contributed by atoms with Gasteiger partial charge in [-0.15, -0.1) is 0 Å². The number of carbonyl (C=O) groups is 1. The highest BCUT2D eigenvalue weighted by molar-refractivity contribution is 5.69. The first-order valence-corrected chi connectivity index (χ1v) is 11.6. The highest BCUT2D eigenvalue weighted by Crippen LogP contribution is 2.13. The van der Waals surface area contributed by atoms with Crippen molar-refractivity contribution < 1.29 is 14.0 Å². The second-order valence-electron chi connectivity index (χ2n) is 8.74. The van der Waals surface area contributed by atoms with Crippen molar-refractivity contribution in [2.24, 2.45) is 0 Å². The molecule has 0 atom stereocenters. The average Bonchev–Trinajstić information content (AvgIpc) is 2.62. The first kappa shape index (κ1) is 26.2. The molecule has 0 radical (unpaired) electrons. The first-order chi connectivity index (χ1) is 13.0. The number of quaternary nitrogens is 1. The molecule has 0 rings (SSSR count). The standard InChI is InChI=1S/C24H48NO2/c1-5-7-8-9-16-19-22-25(3,4)23-20-17-14-12-10-11-13-15-18-21-24(26)27-6-2/h6H,2,5,7-23H2,1,3-4H3/q+1. The van der Waals surface area contributed by atoms with E-state index in [2.05, 4.69) is 27.6 Å². The van der Waals surface area contributed by atoms with Crippen LogP contribution in [0.3, 0.4) is 0 Å². The molecule has 0 aromatic rings. The van der Waals surface area contributed by atoms with Crippen LogP contribution in [-0.4, -0.2) is 37.6 Å². The maximum Gasteiger partial charge on any atom is 0.310 e. The quantitative estimate of drug-likeness (QED) is 0.0979. The van der Waals surface area contributed by atoms with Crippen molar-refractivity contribution in [3.8, 4) is 0 Å². The van der Waals surface area contributed by atoms with Crippen LogP contribution >= 0.6 is 0 Å². The highest BCUT2D eigenvalue weighted by atomic mass is 16.5. The summed E-state index contributed by atoms with van der Waals surface area (Å²) in [6.07, 6.45) is 21.6. The molecule has 0 fully saturated rings. The largest absolute Gasteiger partial charge is 0.435 e. The van der Waals surface area contributed by atoms with Gasteiger partial charge in [0.25, 0.3) is 0 Å². The van der Waals surface area contributed by atoms with E-state index in [-0.39, 0.29) is 5.97 Å². The van der Waals surface area contributed by atoms with Crippen LogP contribution in [0.2, 0.25) is 0 Å². The lowest BCUT2D eigenvalue weighted by atomic mass is 10.1. The first-order valence-electron chi connectivity index (χ1n) is 11.6. The smallest absolute Gasteiger partial charge is 0.310 e. The van der Waals surface area contributed by atoms with E-state index in [4.69, 9.17) is 4.74 Å². The van der Waals surface area contributed by atoms with E-state index < -0.39 is 0 Å². The van der Waals surface area contributed by atoms with Gasteiger partial charge in [0.05, 0.1) is 33.4 Å². The van der Waals surface area contributed by atoms with Gasteiger partial charge in [0.1, 0.15) is 0 Å². The van der Waals surface area contributed by atoms with E-state index in [1.165, 1.54) is 107 Å². The Labute approximate surface area is 170 Å². The molecule has 27 heavy (non-hydrogen) atoms. The number of rotatable bonds is 20. The van der Waals surface area contributed by atoms with E-state index >= 15 is 0 Å². The van der Waals surface area contributed by atoms with Gasteiger partial charge in [0.15, 0.2) is 0 Å². The van der Waals surface area contributed by atoms with Crippen LogP contribution < -0.4 is 0 Å². The Hall–Kier alpha value is -0.830. The number of hydrogen-bond donors (Lipinski definition) is 0. The fourth-order valence-electron chi connectivity index (χ4n) is 3.63. The van der Waals surface area contributed by atoms with Crippen LogP contribution in [0.4, 0.5) is 0 Å². The highest BCUT2D eigenvalue weighted by Gasteiger charge is 2.13. The van der Waals surface area contributed by atoms with Crippen molar-refractivity contribution in [3.05, 3.63) is 12.8 Å². The number of carbonyl (C=O) groups excluding carboxylic acids is 1. The molecule has 0 spiro atoms. The van der Waals surface area contributed by atoms with Gasteiger partial charge in [-0.3, -0.25) is 4.79 Å². The molecular formula is C24H48NO2+. The molecule has 0 N–H and O–H groups in total. The summed E-state index contributed by atoms with van der Waals surface area (Å²) in [7, 11) is 4.80. The zero-order valence-corrected chi connectivity index (χ0v) is 18.8. The van der Waals surface area contributed by atoms with Crippen LogP contribution in [0.25, 0.3) is 0 Å². The molecule has 0 saturated heterocycles. The van der Waals surface area contributed by atoms with E-state index in [1.807, 2.05) is 0 Å². The third kappa shape index (κ3) is 19.7. The number of unbranched alkanes of at least 4 members (excludes halogenated alkanes) is 13. The normalized spacial score (nSPS) is 11.5. The van der Waals surface area contributed by atoms with Crippen molar-refractivity contribution in [1.29, 1.82) is 0 Å². The summed E-state index contributed by atoms with van der Waals surface area (Å²) in [5.41, 5.74) is 0. The van der Waals surface area contributed by atoms with Crippen LogP contribution in [-0.2, 0) is 9.53 Å². The molecule has 0 aromatic carbocycles. The maximum absolute atomic E-state index is 11.2. The summed E-state index contributed by atoms with van der Waals surface area (Å²) in [4.78, 5) is 11.2. The predicted molar refractivity (Wildman–Crippen MR) is 118 cm³/mol. The van der Waals surface area contributed by atoms with Gasteiger partial charge < -0.3 is 9.22 Å². The van der Waals surface area contributed by atoms with E-state index in [9.17, 15) is 4.79 Å². The summed E-state index contributed by atoms with van der Waals surface area (Å²) in [5, 5.41) is 0. The minimum absolute atomic E-state index is 0.150. The molecule has 0 amide bonds. The monoisotopic (exact) mass is 382 g/mol. The SMILES string of the molecule is C=COC(=O)CCCCCCCCCCC[N+](C)(C)CCCCCCCC. The molecule has 0 bridgehead atoms. The van der Waals surface area contributed by atoms with Crippen LogP contribution in [0.15, 0.2) is 12.8 Å². The predicted octanol–water partition coefficient (Wildman–Crippen LogP) is 7.01. The van der Waals surface area contributed by atoms with Crippen LogP contribution in [0, 0.1) is 0 Å². The van der Waals surface area contributed by atoms with E-state index in [1.54, 1.807) is 0 Å². The Morgan fingerprint density at radius 1 is 0.741 bits per heavy atom. The minimum atomic E-state index is -0.150. The van der Waals surface area contributed by atoms with E-state index in [0.29, 0.717) is 6.42 Å². The van der Waals surface area contributed by atoms with Gasteiger partial charge in [0.2, 0.25) is 0 Å². The van der Waals surface area contributed by atoms with E-state index in [0.717, 1.165) is 12.8 Å². The maximum atomic E-state index is 11.2. The van der Waals surface area contributed by atoms with Crippen LogP contribution in [0.1, 0.15) is 110 Å². The Balaban J connectivity index is 3.34. The lowest BCUT2D eigenvalue weighted by Crippen LogP contribution is -2.41. The fraction of sp³-hybridized carbons (Fsp3) is 0.875. The molecule has 0 unspecified atom stereocenters. The lowest BCUT2D eigenvalue weighted by Gasteiger charge is -2.30. The molecular weight excluding hydrogens is 334 g/mol. The van der Waals surface area contributed by atoms with Crippen LogP contribution in [0.5, 0.6) is 0 Å². The second kappa shape index (κ2) is 18.5. The van der Waals surface area contributed by atoms with Gasteiger partial charge in [-0.25, -0.2) is 0 Å². The number of ether oxygens (including phenoxy) is 1. The lowest BCUT2D eigenvalue weighted by molar-refractivity contribution is -0.890. The average molecular weight is 383 g/mol. The minimum Gasteiger partial charge on any atom is -0.435 e. The third-order valence-electron chi connectivity index (χ3n) is 5.48. The molecule has 0 saturated carbocycles. The Morgan fingerprint density at radius 3 is 1.59 bits per heavy atom. The van der Waals surface area contributed by atoms with Gasteiger partial charge in [0, 0.05) is 6.42 Å². The topological polar surface area (TPSA) is 26.3 Å². The zero-order chi connectivity index (χ0) is 20.2. The zero-order valence-electron chi connectivity index (χ0n) is 18.8. The van der Waals surface area contributed by atoms with Crippen molar-refractivity contribution in [3.63, 3.8) is 0 Å². The Morgan fingerprint density at radius 2 is 1.15 bits per heavy atom. The summed E-state index contributed by atoms with van der Waals surface area (Å²) in [5.74, 6) is -0.150. The fourth-order valence-corrected chi connectivity index (χ4v) is 3.63. The molecule has 0 heterocycles. The van der Waals surface area contributed by atoms with Crippen molar-refractivity contribution in [1.82, 2.24) is 0 Å². The van der Waals surface area contributed by atoms with Gasteiger partial charge >= 0.3 is 5.97 Å². The molecule has 3 nitrogen and oxygen atoms in total. The Bertz CT molecular complexity index is 352. The van der Waals surface area contributed by atoms with Crippen molar-refractivity contribution in [2.45, 2.75) is 110 Å². The molecule has 3 heteroatoms. The number of esters is 1. The molecule has 0 aliphatic carbocycles. The molecule has 0 aromatic heterocycles. The molecule has 0 aliphatic rings. The summed E-state index contributed by atoms with van der Waals surface area (Å²) in [6, 6.07) is 0. The van der Waals surface area contributed by atoms with Gasteiger partial charge in [-0.2, -0.15) is 0 Å². The summed E-state index contributed by atoms with van der Waals surface area (Å²) in [6.45, 7) is 8.35. The van der Waals surface area contributed by atoms with Crippen molar-refractivity contribution in [2.75, 3.05) is 27.2 Å². The third-order valence-corrected chi connectivity index (χ3v) is 5.48. The summed E-state index contributed by atoms with van der Waals surface area (Å²) >= 11 is 0. The Kier molecular flexibility index (Phi) is 18.0. The van der Waals surface area contributed by atoms with Crippen molar-refractivity contribution >= 4 is 5.97 Å². The second-order valence-corrected chi connectivity index (χ2v) is 8.74. The van der Waals surface area contributed by atoms with Gasteiger partial charge in [-0.1, -0.05) is 77.7 Å². The summed E-state index contributed by atoms with van der Waals surface area (Å²) < 4.78 is 5.91.